The fraction of sp³-hybridized carbons (Fsp3) is 0.647. The zero-order valence-corrected chi connectivity index (χ0v) is 14.6. The topological polar surface area (TPSA) is 103 Å². The maximum atomic E-state index is 12.5. The lowest BCUT2D eigenvalue weighted by atomic mass is 9.65. The average molecular weight is 350 g/mol. The molecular formula is C17H22N2O6. The standard InChI is InChI=1S/C17H22N2O6/c1-16(2)6-11-7-17(3,9-16)10-18(11)13(20)8-24-15(21)12-4-5-14(25-12)19(22)23/h4-5,11H,6-10H2,1-3H3. The molecule has 1 aliphatic carbocycles. The van der Waals surface area contributed by atoms with Crippen molar-refractivity contribution in [1.29, 1.82) is 0 Å². The number of hydrogen-bond donors (Lipinski definition) is 0. The van der Waals surface area contributed by atoms with Crippen molar-refractivity contribution in [3.05, 3.63) is 28.0 Å². The first-order valence-electron chi connectivity index (χ1n) is 8.29. The largest absolute Gasteiger partial charge is 0.450 e. The number of nitrogens with zero attached hydrogens (tertiary/aromatic N) is 2. The van der Waals surface area contributed by atoms with E-state index >= 15 is 0 Å². The van der Waals surface area contributed by atoms with Crippen molar-refractivity contribution in [2.45, 2.75) is 46.1 Å². The molecule has 2 bridgehead atoms. The molecule has 2 unspecified atom stereocenters. The van der Waals surface area contributed by atoms with E-state index in [0.29, 0.717) is 6.54 Å². The first-order valence-corrected chi connectivity index (χ1v) is 8.29. The van der Waals surface area contributed by atoms with E-state index in [2.05, 4.69) is 20.8 Å². The van der Waals surface area contributed by atoms with Crippen molar-refractivity contribution in [1.82, 2.24) is 4.90 Å². The number of carbonyl (C=O) groups is 2. The van der Waals surface area contributed by atoms with Crippen molar-refractivity contribution in [2.75, 3.05) is 13.2 Å². The fourth-order valence-electron chi connectivity index (χ4n) is 4.57. The monoisotopic (exact) mass is 350 g/mol. The molecule has 3 rings (SSSR count). The highest BCUT2D eigenvalue weighted by molar-refractivity contribution is 5.89. The number of ether oxygens (including phenoxy) is 1. The Balaban J connectivity index is 1.59. The summed E-state index contributed by atoms with van der Waals surface area (Å²) in [7, 11) is 0. The second-order valence-corrected chi connectivity index (χ2v) is 8.21. The zero-order chi connectivity index (χ0) is 18.4. The van der Waals surface area contributed by atoms with Gasteiger partial charge in [0.05, 0.1) is 6.07 Å². The number of hydrogen-bond acceptors (Lipinski definition) is 6. The highest BCUT2D eigenvalue weighted by atomic mass is 16.7. The molecule has 2 heterocycles. The smallest absolute Gasteiger partial charge is 0.433 e. The zero-order valence-electron chi connectivity index (χ0n) is 14.6. The van der Waals surface area contributed by atoms with Gasteiger partial charge < -0.3 is 14.1 Å². The highest BCUT2D eigenvalue weighted by Gasteiger charge is 2.50. The molecule has 1 saturated carbocycles. The van der Waals surface area contributed by atoms with Gasteiger partial charge in [-0.2, -0.15) is 0 Å². The predicted octanol–water partition coefficient (Wildman–Crippen LogP) is 2.77. The van der Waals surface area contributed by atoms with Crippen LogP contribution in [0.2, 0.25) is 0 Å². The summed E-state index contributed by atoms with van der Waals surface area (Å²) in [5.41, 5.74) is 0.296. The van der Waals surface area contributed by atoms with Gasteiger partial charge in [-0.15, -0.1) is 0 Å². The molecule has 1 aromatic rings. The number of rotatable bonds is 4. The van der Waals surface area contributed by atoms with Gasteiger partial charge in [0.2, 0.25) is 5.76 Å². The van der Waals surface area contributed by atoms with Crippen LogP contribution in [0.4, 0.5) is 5.88 Å². The van der Waals surface area contributed by atoms with E-state index in [1.165, 1.54) is 0 Å². The van der Waals surface area contributed by atoms with Gasteiger partial charge in [0.15, 0.2) is 6.61 Å². The molecule has 136 valence electrons. The van der Waals surface area contributed by atoms with E-state index in [1.54, 1.807) is 0 Å². The Morgan fingerprint density at radius 2 is 2.08 bits per heavy atom. The van der Waals surface area contributed by atoms with Crippen molar-refractivity contribution in [2.24, 2.45) is 10.8 Å². The minimum Gasteiger partial charge on any atom is -0.450 e. The Bertz CT molecular complexity index is 724. The molecule has 8 heteroatoms. The number of esters is 1. The Hall–Kier alpha value is -2.38. The maximum absolute atomic E-state index is 12.5. The van der Waals surface area contributed by atoms with E-state index in [0.717, 1.165) is 31.4 Å². The lowest BCUT2D eigenvalue weighted by molar-refractivity contribution is -0.402. The van der Waals surface area contributed by atoms with Gasteiger partial charge in [0, 0.05) is 12.6 Å². The molecule has 2 aliphatic rings. The van der Waals surface area contributed by atoms with Gasteiger partial charge in [-0.25, -0.2) is 4.79 Å². The van der Waals surface area contributed by atoms with Crippen molar-refractivity contribution < 1.29 is 23.7 Å². The van der Waals surface area contributed by atoms with E-state index in [1.807, 2.05) is 4.90 Å². The van der Waals surface area contributed by atoms with E-state index in [9.17, 15) is 19.7 Å². The average Bonchev–Trinajstić information content (AvgIpc) is 3.06. The number of carbonyl (C=O) groups excluding carboxylic acids is 2. The summed E-state index contributed by atoms with van der Waals surface area (Å²) in [4.78, 5) is 36.0. The summed E-state index contributed by atoms with van der Waals surface area (Å²) < 4.78 is 9.76. The molecule has 1 amide bonds. The van der Waals surface area contributed by atoms with Gasteiger partial charge >= 0.3 is 11.9 Å². The SMILES string of the molecule is CC1(C)CC2CC(C)(CN2C(=O)COC(=O)c2ccc([N+](=O)[O-])o2)C1. The molecule has 2 atom stereocenters. The Kier molecular flexibility index (Phi) is 4.09. The van der Waals surface area contributed by atoms with Crippen LogP contribution in [0, 0.1) is 20.9 Å². The van der Waals surface area contributed by atoms with E-state index < -0.39 is 16.8 Å². The van der Waals surface area contributed by atoms with Gasteiger partial charge in [0.25, 0.3) is 5.91 Å². The van der Waals surface area contributed by atoms with Crippen LogP contribution in [0.5, 0.6) is 0 Å². The molecule has 0 N–H and O–H groups in total. The van der Waals surface area contributed by atoms with Crippen LogP contribution in [-0.2, 0) is 9.53 Å². The van der Waals surface area contributed by atoms with Crippen LogP contribution < -0.4 is 0 Å². The highest BCUT2D eigenvalue weighted by Crippen LogP contribution is 2.52. The predicted molar refractivity (Wildman–Crippen MR) is 86.9 cm³/mol. The molecule has 25 heavy (non-hydrogen) atoms. The maximum Gasteiger partial charge on any atom is 0.433 e. The fourth-order valence-corrected chi connectivity index (χ4v) is 4.57. The molecule has 1 saturated heterocycles. The van der Waals surface area contributed by atoms with Crippen molar-refractivity contribution in [3.8, 4) is 0 Å². The number of furan rings is 1. The van der Waals surface area contributed by atoms with Gasteiger partial charge in [-0.05, 0) is 36.2 Å². The van der Waals surface area contributed by atoms with Crippen LogP contribution in [-0.4, -0.2) is 40.9 Å². The molecule has 1 aromatic heterocycles. The second-order valence-electron chi connectivity index (χ2n) is 8.21. The van der Waals surface area contributed by atoms with E-state index in [-0.39, 0.29) is 35.1 Å². The van der Waals surface area contributed by atoms with Gasteiger partial charge in [0.1, 0.15) is 4.92 Å². The lowest BCUT2D eigenvalue weighted by Crippen LogP contribution is -2.39. The summed E-state index contributed by atoms with van der Waals surface area (Å²) in [6, 6.07) is 2.41. The van der Waals surface area contributed by atoms with Crippen molar-refractivity contribution >= 4 is 17.8 Å². The number of amides is 1. The summed E-state index contributed by atoms with van der Waals surface area (Å²) >= 11 is 0. The minimum absolute atomic E-state index is 0.105. The first-order chi connectivity index (χ1) is 11.6. The Morgan fingerprint density at radius 3 is 2.72 bits per heavy atom. The minimum atomic E-state index is -0.879. The molecular weight excluding hydrogens is 328 g/mol. The van der Waals surface area contributed by atoms with Crippen molar-refractivity contribution in [3.63, 3.8) is 0 Å². The summed E-state index contributed by atoms with van der Waals surface area (Å²) in [5.74, 6) is -1.94. The Labute approximate surface area is 145 Å². The summed E-state index contributed by atoms with van der Waals surface area (Å²) in [5, 5.41) is 10.6. The number of likely N-dealkylation sites (tertiary alicyclic amines) is 1. The lowest BCUT2D eigenvalue weighted by Gasteiger charge is -2.39. The van der Waals surface area contributed by atoms with Gasteiger partial charge in [-0.1, -0.05) is 20.8 Å². The quantitative estimate of drug-likeness (QED) is 0.470. The second kappa shape index (κ2) is 5.86. The van der Waals surface area contributed by atoms with Crippen LogP contribution in [0.15, 0.2) is 16.5 Å². The third-order valence-corrected chi connectivity index (χ3v) is 5.03. The normalized spacial score (nSPS) is 27.2. The molecule has 0 spiro atoms. The van der Waals surface area contributed by atoms with E-state index in [4.69, 9.17) is 9.15 Å². The molecule has 0 radical (unpaired) electrons. The van der Waals surface area contributed by atoms with Crippen LogP contribution in [0.1, 0.15) is 50.6 Å². The summed E-state index contributed by atoms with van der Waals surface area (Å²) in [6.45, 7) is 6.91. The first kappa shape index (κ1) is 17.4. The van der Waals surface area contributed by atoms with Crippen LogP contribution >= 0.6 is 0 Å². The Morgan fingerprint density at radius 1 is 1.36 bits per heavy atom. The van der Waals surface area contributed by atoms with Crippen LogP contribution in [0.25, 0.3) is 0 Å². The van der Waals surface area contributed by atoms with Crippen LogP contribution in [0.3, 0.4) is 0 Å². The molecule has 1 aliphatic heterocycles. The number of fused-ring (bicyclic) bond motifs is 2. The molecule has 2 fully saturated rings. The molecule has 0 aromatic carbocycles. The third-order valence-electron chi connectivity index (χ3n) is 5.03. The molecule has 8 nitrogen and oxygen atoms in total. The number of nitro groups is 1. The van der Waals surface area contributed by atoms with Gasteiger partial charge in [-0.3, -0.25) is 14.9 Å². The summed E-state index contributed by atoms with van der Waals surface area (Å²) in [6.07, 6.45) is 2.98. The third kappa shape index (κ3) is 3.52.